The number of anilines is 2. The summed E-state index contributed by atoms with van der Waals surface area (Å²) < 4.78 is 40.5. The second-order valence-electron chi connectivity index (χ2n) is 11.1. The molecule has 0 aliphatic carbocycles. The molecule has 1 unspecified atom stereocenters. The van der Waals surface area contributed by atoms with Gasteiger partial charge in [0, 0.05) is 16.8 Å². The van der Waals surface area contributed by atoms with Crippen molar-refractivity contribution in [3.63, 3.8) is 0 Å². The number of tetrazole rings is 1. The zero-order chi connectivity index (χ0) is 35.5. The summed E-state index contributed by atoms with van der Waals surface area (Å²) in [5, 5.41) is 26.2. The molecule has 1 heterocycles. The number of carbonyl (C=O) groups is 4. The summed E-state index contributed by atoms with van der Waals surface area (Å²) in [5.74, 6) is -4.42. The summed E-state index contributed by atoms with van der Waals surface area (Å²) in [6.45, 7) is 5.45. The Morgan fingerprint density at radius 2 is 1.59 bits per heavy atom. The van der Waals surface area contributed by atoms with Crippen LogP contribution in [0.25, 0.3) is 11.1 Å². The minimum atomic E-state index is -1.38. The molecule has 3 amide bonds. The van der Waals surface area contributed by atoms with Crippen molar-refractivity contribution in [2.24, 2.45) is 0 Å². The average molecular weight is 679 g/mol. The molecule has 0 aliphatic rings. The topological polar surface area (TPSA) is 177 Å². The Hall–Kier alpha value is -5.73. The third kappa shape index (κ3) is 9.21. The summed E-state index contributed by atoms with van der Waals surface area (Å²) in [6, 6.07) is 11.7. The van der Waals surface area contributed by atoms with Crippen LogP contribution < -0.4 is 10.2 Å². The molecule has 4 aromatic rings. The second-order valence-corrected chi connectivity index (χ2v) is 11.1. The van der Waals surface area contributed by atoms with E-state index in [1.54, 1.807) is 6.92 Å². The van der Waals surface area contributed by atoms with Gasteiger partial charge in [0.25, 0.3) is 0 Å². The Morgan fingerprint density at radius 3 is 2.16 bits per heavy atom. The highest BCUT2D eigenvalue weighted by Crippen LogP contribution is 2.33. The first-order valence-electron chi connectivity index (χ1n) is 15.6. The molecule has 4 rings (SSSR count). The smallest absolute Gasteiger partial charge is 0.424 e. The van der Waals surface area contributed by atoms with E-state index in [4.69, 9.17) is 9.47 Å². The van der Waals surface area contributed by atoms with Gasteiger partial charge in [-0.2, -0.15) is 10.1 Å². The van der Waals surface area contributed by atoms with Crippen molar-refractivity contribution in [3.8, 4) is 11.1 Å². The molecular weight excluding hydrogens is 642 g/mol. The molecule has 0 saturated carbocycles. The number of benzene rings is 3. The fourth-order valence-electron chi connectivity index (χ4n) is 4.76. The number of unbranched alkanes of at least 4 members (excludes halogenated alkanes) is 2. The SMILES string of the molecule is CCCCOC(=O)N(C(=O)OCCCC)c1ccc(C(=O)O)c(-c2ccc(CC(C(=O)Nc3ccc(C)c(F)c3)c3nn[nH]n3)cc2F)c1. The van der Waals surface area contributed by atoms with Crippen LogP contribution >= 0.6 is 0 Å². The number of rotatable bonds is 14. The molecule has 0 radical (unpaired) electrons. The van der Waals surface area contributed by atoms with E-state index >= 15 is 4.39 Å². The summed E-state index contributed by atoms with van der Waals surface area (Å²) in [5.41, 5.74) is 0.229. The quantitative estimate of drug-likeness (QED) is 0.120. The molecule has 13 nitrogen and oxygen atoms in total. The van der Waals surface area contributed by atoms with Gasteiger partial charge in [-0.1, -0.05) is 50.1 Å². The van der Waals surface area contributed by atoms with Crippen molar-refractivity contribution >= 4 is 35.4 Å². The number of hydrogen-bond acceptors (Lipinski definition) is 9. The van der Waals surface area contributed by atoms with E-state index in [1.165, 1.54) is 42.5 Å². The second kappa shape index (κ2) is 16.9. The molecule has 0 aliphatic heterocycles. The number of H-pyrrole nitrogens is 1. The van der Waals surface area contributed by atoms with Crippen LogP contribution in [-0.2, 0) is 20.7 Å². The lowest BCUT2D eigenvalue weighted by Crippen LogP contribution is -2.38. The molecule has 258 valence electrons. The highest BCUT2D eigenvalue weighted by molar-refractivity contribution is 6.10. The largest absolute Gasteiger partial charge is 0.478 e. The number of imide groups is 1. The van der Waals surface area contributed by atoms with Gasteiger partial charge in [0.2, 0.25) is 5.91 Å². The maximum atomic E-state index is 15.9. The normalized spacial score (nSPS) is 11.4. The lowest BCUT2D eigenvalue weighted by molar-refractivity contribution is -0.117. The lowest BCUT2D eigenvalue weighted by atomic mass is 9.93. The van der Waals surface area contributed by atoms with Crippen LogP contribution in [0.15, 0.2) is 54.6 Å². The fourth-order valence-corrected chi connectivity index (χ4v) is 4.76. The maximum Gasteiger partial charge on any atom is 0.424 e. The van der Waals surface area contributed by atoms with E-state index in [-0.39, 0.29) is 53.5 Å². The summed E-state index contributed by atoms with van der Waals surface area (Å²) in [6.07, 6.45) is 0.389. The fraction of sp³-hybridized carbons (Fsp3) is 0.324. The van der Waals surface area contributed by atoms with Crippen molar-refractivity contribution in [1.29, 1.82) is 0 Å². The summed E-state index contributed by atoms with van der Waals surface area (Å²) in [7, 11) is 0. The number of aromatic carboxylic acids is 1. The number of ether oxygens (including phenoxy) is 2. The standard InChI is InChI=1S/C34H36F2N6O7/c1-4-6-14-48-33(46)42(34(47)49-15-7-5-2)23-11-13-25(32(44)45)26(19-23)24-12-9-21(17-29(24)36)16-27(30-38-40-41-39-30)31(43)37-22-10-8-20(3)28(35)18-22/h8-13,17-19,27H,4-7,14-16H2,1-3H3,(H,37,43)(H,44,45)(H,38,39,40,41). The van der Waals surface area contributed by atoms with Gasteiger partial charge in [0.1, 0.15) is 17.6 Å². The van der Waals surface area contributed by atoms with Crippen molar-refractivity contribution in [1.82, 2.24) is 20.6 Å². The zero-order valence-corrected chi connectivity index (χ0v) is 27.2. The van der Waals surface area contributed by atoms with Crippen LogP contribution in [0.1, 0.15) is 72.8 Å². The van der Waals surface area contributed by atoms with Gasteiger partial charge in [0.15, 0.2) is 5.82 Å². The van der Waals surface area contributed by atoms with Crippen LogP contribution in [0.2, 0.25) is 0 Å². The monoisotopic (exact) mass is 678 g/mol. The van der Waals surface area contributed by atoms with Crippen LogP contribution in [0.4, 0.5) is 29.7 Å². The highest BCUT2D eigenvalue weighted by Gasteiger charge is 2.30. The molecule has 3 N–H and O–H groups in total. The molecule has 1 atom stereocenters. The predicted octanol–water partition coefficient (Wildman–Crippen LogP) is 6.80. The van der Waals surface area contributed by atoms with Gasteiger partial charge < -0.3 is 19.9 Å². The van der Waals surface area contributed by atoms with Gasteiger partial charge in [0.05, 0.1) is 24.5 Å². The number of halogens is 2. The third-order valence-electron chi connectivity index (χ3n) is 7.50. The van der Waals surface area contributed by atoms with Gasteiger partial charge in [-0.05, 0) is 73.7 Å². The van der Waals surface area contributed by atoms with Crippen LogP contribution in [0.3, 0.4) is 0 Å². The first-order chi connectivity index (χ1) is 23.5. The number of aromatic nitrogens is 4. The Kier molecular flexibility index (Phi) is 12.5. The molecule has 0 bridgehead atoms. The van der Waals surface area contributed by atoms with E-state index < -0.39 is 41.6 Å². The Bertz CT molecular complexity index is 1780. The van der Waals surface area contributed by atoms with Crippen LogP contribution in [-0.4, -0.2) is 63.0 Å². The van der Waals surface area contributed by atoms with Crippen molar-refractivity contribution in [2.45, 2.75) is 58.8 Å². The molecule has 1 aromatic heterocycles. The number of carboxylic acid groups (broad SMARTS) is 1. The minimum absolute atomic E-state index is 0.00664. The zero-order valence-electron chi connectivity index (χ0n) is 27.2. The Morgan fingerprint density at radius 1 is 0.898 bits per heavy atom. The maximum absolute atomic E-state index is 15.9. The summed E-state index contributed by atoms with van der Waals surface area (Å²) in [4.78, 5) is 52.2. The van der Waals surface area contributed by atoms with Crippen LogP contribution in [0.5, 0.6) is 0 Å². The molecule has 0 fully saturated rings. The molecule has 0 spiro atoms. The van der Waals surface area contributed by atoms with Gasteiger partial charge in [-0.15, -0.1) is 10.2 Å². The number of nitrogens with one attached hydrogen (secondary N) is 2. The van der Waals surface area contributed by atoms with Gasteiger partial charge in [-0.25, -0.2) is 23.2 Å². The third-order valence-corrected chi connectivity index (χ3v) is 7.50. The predicted molar refractivity (Wildman–Crippen MR) is 174 cm³/mol. The number of nitrogens with zero attached hydrogens (tertiary/aromatic N) is 4. The number of carboxylic acids is 1. The molecular formula is C34H36F2N6O7. The molecule has 15 heteroatoms. The Balaban J connectivity index is 1.67. The number of aryl methyl sites for hydroxylation is 1. The lowest BCUT2D eigenvalue weighted by Gasteiger charge is -2.21. The number of carbonyl (C=O) groups excluding carboxylic acids is 3. The number of hydrogen-bond donors (Lipinski definition) is 3. The number of amides is 3. The highest BCUT2D eigenvalue weighted by atomic mass is 19.1. The van der Waals surface area contributed by atoms with E-state index in [2.05, 4.69) is 25.9 Å². The van der Waals surface area contributed by atoms with E-state index in [1.807, 2.05) is 13.8 Å². The van der Waals surface area contributed by atoms with Gasteiger partial charge >= 0.3 is 18.2 Å². The van der Waals surface area contributed by atoms with E-state index in [0.717, 1.165) is 25.0 Å². The first kappa shape index (κ1) is 36.1. The summed E-state index contributed by atoms with van der Waals surface area (Å²) >= 11 is 0. The molecule has 3 aromatic carbocycles. The molecule has 0 saturated heterocycles. The minimum Gasteiger partial charge on any atom is -0.478 e. The Labute approximate surface area is 280 Å². The van der Waals surface area contributed by atoms with Crippen molar-refractivity contribution < 1.29 is 42.5 Å². The van der Waals surface area contributed by atoms with Crippen LogP contribution in [0, 0.1) is 18.6 Å². The van der Waals surface area contributed by atoms with Gasteiger partial charge in [-0.3, -0.25) is 4.79 Å². The molecule has 49 heavy (non-hydrogen) atoms. The average Bonchev–Trinajstić information content (AvgIpc) is 3.60. The van der Waals surface area contributed by atoms with Crippen molar-refractivity contribution in [2.75, 3.05) is 23.4 Å². The van der Waals surface area contributed by atoms with Crippen molar-refractivity contribution in [3.05, 3.63) is 88.7 Å². The van der Waals surface area contributed by atoms with E-state index in [0.29, 0.717) is 28.9 Å². The number of aromatic amines is 1. The first-order valence-corrected chi connectivity index (χ1v) is 15.6. The van der Waals surface area contributed by atoms with E-state index in [9.17, 15) is 28.7 Å².